The summed E-state index contributed by atoms with van der Waals surface area (Å²) < 4.78 is 37.6. The standard InChI is InChI=1S/C26H41N3O7S/c1-6-8-17-37(33,34)28-22(24(31)35-7-2)18-19-9-11-21(12-10-19)27-23(30)20-13-15-29(16-14-20)25(32)36-26(3,4)5/h9-12,20,22,28H,6-8,13-18H2,1-5H3,(H,27,30)/t22-/m0/s1. The Balaban J connectivity index is 1.93. The van der Waals surface area contributed by atoms with Gasteiger partial charge in [-0.2, -0.15) is 0 Å². The van der Waals surface area contributed by atoms with Gasteiger partial charge in [0, 0.05) is 24.7 Å². The predicted molar refractivity (Wildman–Crippen MR) is 142 cm³/mol. The lowest BCUT2D eigenvalue weighted by molar-refractivity contribution is -0.145. The number of amides is 2. The van der Waals surface area contributed by atoms with E-state index in [9.17, 15) is 22.8 Å². The Morgan fingerprint density at radius 1 is 1.08 bits per heavy atom. The molecule has 2 N–H and O–H groups in total. The molecule has 1 aromatic rings. The molecular formula is C26H41N3O7S. The van der Waals surface area contributed by atoms with E-state index in [1.807, 2.05) is 27.7 Å². The highest BCUT2D eigenvalue weighted by Gasteiger charge is 2.30. The second-order valence-corrected chi connectivity index (χ2v) is 12.1. The van der Waals surface area contributed by atoms with Gasteiger partial charge in [0.1, 0.15) is 11.6 Å². The second kappa shape index (κ2) is 13.8. The Bertz CT molecular complexity index is 1010. The molecule has 0 spiro atoms. The third-order valence-electron chi connectivity index (χ3n) is 5.84. The van der Waals surface area contributed by atoms with Crippen LogP contribution in [0.5, 0.6) is 0 Å². The topological polar surface area (TPSA) is 131 Å². The number of benzene rings is 1. The van der Waals surface area contributed by atoms with Crippen LogP contribution in [0, 0.1) is 5.92 Å². The largest absolute Gasteiger partial charge is 0.465 e. The fourth-order valence-corrected chi connectivity index (χ4v) is 5.28. The van der Waals surface area contributed by atoms with Crippen LogP contribution in [-0.2, 0) is 35.5 Å². The summed E-state index contributed by atoms with van der Waals surface area (Å²) in [4.78, 5) is 39.0. The molecule has 1 saturated heterocycles. The van der Waals surface area contributed by atoms with E-state index in [-0.39, 0.29) is 36.7 Å². The van der Waals surface area contributed by atoms with Crippen LogP contribution in [0.2, 0.25) is 0 Å². The van der Waals surface area contributed by atoms with Crippen LogP contribution in [-0.4, -0.2) is 68.4 Å². The SMILES string of the molecule is CCCCS(=O)(=O)N[C@@H](Cc1ccc(NC(=O)C2CCN(C(=O)OC(C)(C)C)CC2)cc1)C(=O)OCC. The lowest BCUT2D eigenvalue weighted by Crippen LogP contribution is -2.44. The van der Waals surface area contributed by atoms with Gasteiger partial charge in [-0.25, -0.2) is 17.9 Å². The van der Waals surface area contributed by atoms with E-state index in [4.69, 9.17) is 9.47 Å². The van der Waals surface area contributed by atoms with E-state index in [0.29, 0.717) is 38.0 Å². The number of ether oxygens (including phenoxy) is 2. The van der Waals surface area contributed by atoms with Gasteiger partial charge in [0.25, 0.3) is 0 Å². The maximum atomic E-state index is 12.8. The Labute approximate surface area is 220 Å². The van der Waals surface area contributed by atoms with Crippen molar-refractivity contribution in [2.24, 2.45) is 5.92 Å². The number of anilines is 1. The van der Waals surface area contributed by atoms with Crippen molar-refractivity contribution < 1.29 is 32.3 Å². The average molecular weight is 540 g/mol. The molecule has 1 aromatic carbocycles. The fraction of sp³-hybridized carbons (Fsp3) is 0.654. The maximum Gasteiger partial charge on any atom is 0.410 e. The van der Waals surface area contributed by atoms with Gasteiger partial charge in [0.15, 0.2) is 0 Å². The zero-order valence-corrected chi connectivity index (χ0v) is 23.4. The lowest BCUT2D eigenvalue weighted by Gasteiger charge is -2.32. The first-order chi connectivity index (χ1) is 17.3. The van der Waals surface area contributed by atoms with Crippen molar-refractivity contribution in [1.29, 1.82) is 0 Å². The van der Waals surface area contributed by atoms with E-state index in [1.165, 1.54) is 0 Å². The Morgan fingerprint density at radius 3 is 2.24 bits per heavy atom. The molecule has 10 nitrogen and oxygen atoms in total. The molecule has 1 aliphatic heterocycles. The summed E-state index contributed by atoms with van der Waals surface area (Å²) in [6.45, 7) is 10.1. The van der Waals surface area contributed by atoms with Crippen molar-refractivity contribution in [1.82, 2.24) is 9.62 Å². The Hall–Kier alpha value is -2.66. The van der Waals surface area contributed by atoms with Crippen molar-refractivity contribution in [3.05, 3.63) is 29.8 Å². The number of carbonyl (C=O) groups excluding carboxylic acids is 3. The number of nitrogens with zero attached hydrogens (tertiary/aromatic N) is 1. The number of sulfonamides is 1. The minimum atomic E-state index is -3.62. The number of carbonyl (C=O) groups is 3. The molecule has 0 saturated carbocycles. The van der Waals surface area contributed by atoms with Crippen molar-refractivity contribution in [2.75, 3.05) is 30.8 Å². The molecule has 1 aliphatic rings. The highest BCUT2D eigenvalue weighted by molar-refractivity contribution is 7.89. The van der Waals surface area contributed by atoms with Gasteiger partial charge >= 0.3 is 12.1 Å². The van der Waals surface area contributed by atoms with E-state index in [1.54, 1.807) is 36.1 Å². The molecule has 208 valence electrons. The first kappa shape index (κ1) is 30.6. The van der Waals surface area contributed by atoms with Gasteiger partial charge < -0.3 is 19.7 Å². The molecular weight excluding hydrogens is 498 g/mol. The summed E-state index contributed by atoms with van der Waals surface area (Å²) in [5.74, 6) is -1.02. The minimum Gasteiger partial charge on any atom is -0.465 e. The summed E-state index contributed by atoms with van der Waals surface area (Å²) in [6, 6.07) is 5.89. The molecule has 0 unspecified atom stereocenters. The molecule has 2 rings (SSSR count). The predicted octanol–water partition coefficient (Wildman–Crippen LogP) is 3.47. The van der Waals surface area contributed by atoms with E-state index in [0.717, 1.165) is 12.0 Å². The first-order valence-corrected chi connectivity index (χ1v) is 14.5. The smallest absolute Gasteiger partial charge is 0.410 e. The summed E-state index contributed by atoms with van der Waals surface area (Å²) in [5, 5.41) is 2.90. The van der Waals surface area contributed by atoms with Crippen LogP contribution in [0.1, 0.15) is 65.9 Å². The quantitative estimate of drug-likeness (QED) is 0.412. The normalized spacial score (nSPS) is 15.6. The number of hydrogen-bond donors (Lipinski definition) is 2. The summed E-state index contributed by atoms with van der Waals surface area (Å²) in [7, 11) is -3.62. The molecule has 0 aromatic heterocycles. The monoisotopic (exact) mass is 539 g/mol. The number of unbranched alkanes of at least 4 members (excludes halogenated alkanes) is 1. The molecule has 37 heavy (non-hydrogen) atoms. The summed E-state index contributed by atoms with van der Waals surface area (Å²) in [6.07, 6.45) is 2.07. The van der Waals surface area contributed by atoms with Crippen molar-refractivity contribution in [3.63, 3.8) is 0 Å². The highest BCUT2D eigenvalue weighted by Crippen LogP contribution is 2.22. The van der Waals surface area contributed by atoms with E-state index >= 15 is 0 Å². The van der Waals surface area contributed by atoms with Crippen molar-refractivity contribution >= 4 is 33.7 Å². The third kappa shape index (κ3) is 10.7. The van der Waals surface area contributed by atoms with Gasteiger partial charge in [-0.15, -0.1) is 0 Å². The Kier molecular flexibility index (Phi) is 11.4. The third-order valence-corrected chi connectivity index (χ3v) is 7.31. The summed E-state index contributed by atoms with van der Waals surface area (Å²) >= 11 is 0. The minimum absolute atomic E-state index is 0.0545. The molecule has 1 fully saturated rings. The zero-order chi connectivity index (χ0) is 27.6. The van der Waals surface area contributed by atoms with E-state index < -0.39 is 27.6 Å². The van der Waals surface area contributed by atoms with Gasteiger partial charge in [-0.1, -0.05) is 25.5 Å². The van der Waals surface area contributed by atoms with Gasteiger partial charge in [0.05, 0.1) is 12.4 Å². The molecule has 0 radical (unpaired) electrons. The van der Waals surface area contributed by atoms with Crippen LogP contribution in [0.25, 0.3) is 0 Å². The first-order valence-electron chi connectivity index (χ1n) is 12.9. The van der Waals surface area contributed by atoms with Gasteiger partial charge in [0.2, 0.25) is 15.9 Å². The van der Waals surface area contributed by atoms with Crippen molar-refractivity contribution in [2.45, 2.75) is 78.4 Å². The molecule has 2 amide bonds. The van der Waals surface area contributed by atoms with E-state index in [2.05, 4.69) is 10.0 Å². The summed E-state index contributed by atoms with van der Waals surface area (Å²) in [5.41, 5.74) is 0.757. The van der Waals surface area contributed by atoms with Crippen LogP contribution in [0.3, 0.4) is 0 Å². The maximum absolute atomic E-state index is 12.8. The highest BCUT2D eigenvalue weighted by atomic mass is 32.2. The fourth-order valence-electron chi connectivity index (χ4n) is 3.88. The molecule has 11 heteroatoms. The second-order valence-electron chi connectivity index (χ2n) is 10.2. The molecule has 0 bridgehead atoms. The number of likely N-dealkylation sites (tertiary alicyclic amines) is 1. The van der Waals surface area contributed by atoms with Crippen LogP contribution in [0.15, 0.2) is 24.3 Å². The van der Waals surface area contributed by atoms with Crippen molar-refractivity contribution in [3.8, 4) is 0 Å². The average Bonchev–Trinajstić information content (AvgIpc) is 2.82. The zero-order valence-electron chi connectivity index (χ0n) is 22.5. The Morgan fingerprint density at radius 2 is 1.70 bits per heavy atom. The number of esters is 1. The van der Waals surface area contributed by atoms with Gasteiger partial charge in [-0.05, 0) is 71.1 Å². The number of hydrogen-bond acceptors (Lipinski definition) is 7. The van der Waals surface area contributed by atoms with Crippen LogP contribution < -0.4 is 10.0 Å². The van der Waals surface area contributed by atoms with Crippen LogP contribution >= 0.6 is 0 Å². The van der Waals surface area contributed by atoms with Gasteiger partial charge in [-0.3, -0.25) is 9.59 Å². The van der Waals surface area contributed by atoms with Crippen LogP contribution in [0.4, 0.5) is 10.5 Å². The molecule has 1 heterocycles. The molecule has 0 aliphatic carbocycles. The lowest BCUT2D eigenvalue weighted by atomic mass is 9.96. The number of piperidine rings is 1. The number of rotatable bonds is 11. The number of nitrogens with one attached hydrogen (secondary N) is 2. The molecule has 1 atom stereocenters.